The Balaban J connectivity index is 2.30. The number of halogens is 1. The molecule has 1 aliphatic rings. The molecule has 0 radical (unpaired) electrons. The fourth-order valence-electron chi connectivity index (χ4n) is 2.17. The first-order valence-electron chi connectivity index (χ1n) is 4.94. The Hall–Kier alpha value is 0.290. The predicted octanol–water partition coefficient (Wildman–Crippen LogP) is 3.83. The Labute approximate surface area is 75.3 Å². The molecule has 0 nitrogen and oxygen atoms in total. The SMILES string of the molecule is CCC(CCl)C1CCCCC1. The second-order valence-corrected chi connectivity index (χ2v) is 4.03. The molecule has 0 saturated heterocycles. The molecule has 0 heterocycles. The molecule has 1 unspecified atom stereocenters. The van der Waals surface area contributed by atoms with Gasteiger partial charge in [-0.3, -0.25) is 0 Å². The van der Waals surface area contributed by atoms with E-state index in [0.717, 1.165) is 17.7 Å². The summed E-state index contributed by atoms with van der Waals surface area (Å²) in [7, 11) is 0. The number of alkyl halides is 1. The Bertz CT molecular complexity index is 91.0. The van der Waals surface area contributed by atoms with Gasteiger partial charge < -0.3 is 0 Å². The molecule has 1 saturated carbocycles. The normalized spacial score (nSPS) is 23.5. The fraction of sp³-hybridized carbons (Fsp3) is 1.00. The van der Waals surface area contributed by atoms with Crippen LogP contribution in [0.25, 0.3) is 0 Å². The van der Waals surface area contributed by atoms with E-state index in [1.165, 1.54) is 38.5 Å². The van der Waals surface area contributed by atoms with Crippen LogP contribution in [0.15, 0.2) is 0 Å². The summed E-state index contributed by atoms with van der Waals surface area (Å²) in [6.45, 7) is 2.27. The van der Waals surface area contributed by atoms with E-state index in [2.05, 4.69) is 6.92 Å². The van der Waals surface area contributed by atoms with Crippen molar-refractivity contribution in [3.63, 3.8) is 0 Å². The summed E-state index contributed by atoms with van der Waals surface area (Å²) >= 11 is 5.90. The third-order valence-corrected chi connectivity index (χ3v) is 3.44. The summed E-state index contributed by atoms with van der Waals surface area (Å²) in [4.78, 5) is 0. The molecule has 1 fully saturated rings. The molecule has 0 N–H and O–H groups in total. The van der Waals surface area contributed by atoms with Gasteiger partial charge in [0.2, 0.25) is 0 Å². The Morgan fingerprint density at radius 3 is 2.36 bits per heavy atom. The summed E-state index contributed by atoms with van der Waals surface area (Å²) in [5.74, 6) is 2.63. The van der Waals surface area contributed by atoms with Gasteiger partial charge in [-0.05, 0) is 11.8 Å². The average molecular weight is 175 g/mol. The van der Waals surface area contributed by atoms with Crippen LogP contribution in [0.1, 0.15) is 45.4 Å². The van der Waals surface area contributed by atoms with Gasteiger partial charge in [-0.2, -0.15) is 0 Å². The van der Waals surface area contributed by atoms with E-state index in [9.17, 15) is 0 Å². The lowest BCUT2D eigenvalue weighted by molar-refractivity contribution is 0.261. The highest BCUT2D eigenvalue weighted by atomic mass is 35.5. The van der Waals surface area contributed by atoms with E-state index in [4.69, 9.17) is 11.6 Å². The summed E-state index contributed by atoms with van der Waals surface area (Å²) < 4.78 is 0. The van der Waals surface area contributed by atoms with Crippen LogP contribution in [0, 0.1) is 11.8 Å². The lowest BCUT2D eigenvalue weighted by Crippen LogP contribution is -2.18. The lowest BCUT2D eigenvalue weighted by atomic mass is 9.80. The molecular formula is C10H19Cl. The molecule has 0 amide bonds. The number of hydrogen-bond acceptors (Lipinski definition) is 0. The summed E-state index contributed by atoms with van der Waals surface area (Å²) in [5, 5.41) is 0. The van der Waals surface area contributed by atoms with Crippen molar-refractivity contribution in [3.05, 3.63) is 0 Å². The van der Waals surface area contributed by atoms with Crippen molar-refractivity contribution < 1.29 is 0 Å². The molecule has 0 spiro atoms. The van der Waals surface area contributed by atoms with E-state index in [-0.39, 0.29) is 0 Å². The first-order chi connectivity index (χ1) is 5.38. The van der Waals surface area contributed by atoms with Crippen LogP contribution in [0.5, 0.6) is 0 Å². The molecule has 1 atom stereocenters. The zero-order valence-electron chi connectivity index (χ0n) is 7.48. The largest absolute Gasteiger partial charge is 0.126 e. The van der Waals surface area contributed by atoms with Crippen LogP contribution in [0.4, 0.5) is 0 Å². The van der Waals surface area contributed by atoms with Gasteiger partial charge in [0.05, 0.1) is 0 Å². The molecular weight excluding hydrogens is 156 g/mol. The highest BCUT2D eigenvalue weighted by molar-refractivity contribution is 6.18. The molecule has 66 valence electrons. The van der Waals surface area contributed by atoms with E-state index in [1.807, 2.05) is 0 Å². The minimum atomic E-state index is 0.803. The van der Waals surface area contributed by atoms with Gasteiger partial charge in [0, 0.05) is 5.88 Å². The Kier molecular flexibility index (Phi) is 4.29. The van der Waals surface area contributed by atoms with Gasteiger partial charge in [0.1, 0.15) is 0 Å². The van der Waals surface area contributed by atoms with E-state index >= 15 is 0 Å². The zero-order valence-corrected chi connectivity index (χ0v) is 8.24. The maximum Gasteiger partial charge on any atom is 0.0254 e. The van der Waals surface area contributed by atoms with Crippen LogP contribution in [0.2, 0.25) is 0 Å². The first kappa shape index (κ1) is 9.38. The van der Waals surface area contributed by atoms with Crippen molar-refractivity contribution >= 4 is 11.6 Å². The van der Waals surface area contributed by atoms with Crippen molar-refractivity contribution in [2.45, 2.75) is 45.4 Å². The summed E-state index contributed by atoms with van der Waals surface area (Å²) in [6.07, 6.45) is 8.48. The Morgan fingerprint density at radius 2 is 1.91 bits per heavy atom. The van der Waals surface area contributed by atoms with Crippen LogP contribution in [-0.4, -0.2) is 5.88 Å². The highest BCUT2D eigenvalue weighted by Gasteiger charge is 2.20. The molecule has 0 bridgehead atoms. The van der Waals surface area contributed by atoms with E-state index in [1.54, 1.807) is 0 Å². The minimum absolute atomic E-state index is 0.803. The fourth-order valence-corrected chi connectivity index (χ4v) is 2.64. The monoisotopic (exact) mass is 174 g/mol. The molecule has 0 aliphatic heterocycles. The van der Waals surface area contributed by atoms with Gasteiger partial charge in [0.15, 0.2) is 0 Å². The number of rotatable bonds is 3. The molecule has 1 rings (SSSR count). The van der Waals surface area contributed by atoms with Crippen LogP contribution < -0.4 is 0 Å². The van der Waals surface area contributed by atoms with Crippen LogP contribution >= 0.6 is 11.6 Å². The summed E-state index contributed by atoms with van der Waals surface area (Å²) in [5.41, 5.74) is 0. The second kappa shape index (κ2) is 5.03. The molecule has 1 aliphatic carbocycles. The molecule has 0 aromatic heterocycles. The van der Waals surface area contributed by atoms with E-state index < -0.39 is 0 Å². The van der Waals surface area contributed by atoms with Crippen molar-refractivity contribution in [2.75, 3.05) is 5.88 Å². The zero-order chi connectivity index (χ0) is 8.10. The van der Waals surface area contributed by atoms with Crippen LogP contribution in [0.3, 0.4) is 0 Å². The van der Waals surface area contributed by atoms with Crippen molar-refractivity contribution in [1.82, 2.24) is 0 Å². The molecule has 0 aromatic rings. The van der Waals surface area contributed by atoms with Gasteiger partial charge in [-0.15, -0.1) is 11.6 Å². The molecule has 11 heavy (non-hydrogen) atoms. The quantitative estimate of drug-likeness (QED) is 0.571. The van der Waals surface area contributed by atoms with Gasteiger partial charge >= 0.3 is 0 Å². The highest BCUT2D eigenvalue weighted by Crippen LogP contribution is 2.32. The van der Waals surface area contributed by atoms with Gasteiger partial charge in [-0.1, -0.05) is 45.4 Å². The van der Waals surface area contributed by atoms with Crippen molar-refractivity contribution in [1.29, 1.82) is 0 Å². The second-order valence-electron chi connectivity index (χ2n) is 3.72. The van der Waals surface area contributed by atoms with Crippen molar-refractivity contribution in [3.8, 4) is 0 Å². The predicted molar refractivity (Wildman–Crippen MR) is 51.1 cm³/mol. The summed E-state index contributed by atoms with van der Waals surface area (Å²) in [6, 6.07) is 0. The topological polar surface area (TPSA) is 0 Å². The first-order valence-corrected chi connectivity index (χ1v) is 5.48. The van der Waals surface area contributed by atoms with Crippen molar-refractivity contribution in [2.24, 2.45) is 11.8 Å². The Morgan fingerprint density at radius 1 is 1.27 bits per heavy atom. The van der Waals surface area contributed by atoms with Gasteiger partial charge in [-0.25, -0.2) is 0 Å². The average Bonchev–Trinajstić information content (AvgIpc) is 2.09. The lowest BCUT2D eigenvalue weighted by Gasteiger charge is -2.27. The standard InChI is InChI=1S/C10H19Cl/c1-2-9(8-11)10-6-4-3-5-7-10/h9-10H,2-8H2,1H3. The van der Waals surface area contributed by atoms with Crippen LogP contribution in [-0.2, 0) is 0 Å². The van der Waals surface area contributed by atoms with E-state index in [0.29, 0.717) is 0 Å². The minimum Gasteiger partial charge on any atom is -0.126 e. The van der Waals surface area contributed by atoms with Gasteiger partial charge in [0.25, 0.3) is 0 Å². The smallest absolute Gasteiger partial charge is 0.0254 e. The third-order valence-electron chi connectivity index (χ3n) is 3.04. The maximum absolute atomic E-state index is 5.90. The molecule has 0 aromatic carbocycles. The third kappa shape index (κ3) is 2.66. The molecule has 1 heteroatoms. The number of hydrogen-bond donors (Lipinski definition) is 0. The maximum atomic E-state index is 5.90.